The first-order valence-electron chi connectivity index (χ1n) is 8.38. The average molecular weight is 420 g/mol. The van der Waals surface area contributed by atoms with Gasteiger partial charge in [-0.2, -0.15) is 13.4 Å². The van der Waals surface area contributed by atoms with Crippen LogP contribution < -0.4 is 5.32 Å². The Kier molecular flexibility index (Phi) is 14.4. The second kappa shape index (κ2) is 13.6. The molecule has 0 saturated carbocycles. The van der Waals surface area contributed by atoms with Crippen molar-refractivity contribution >= 4 is 57.8 Å². The molecule has 0 fully saturated rings. The van der Waals surface area contributed by atoms with Crippen molar-refractivity contribution in [2.45, 2.75) is 47.0 Å². The van der Waals surface area contributed by atoms with Crippen LogP contribution in [0.25, 0.3) is 0 Å². The van der Waals surface area contributed by atoms with E-state index in [1.807, 2.05) is 13.8 Å². The van der Waals surface area contributed by atoms with E-state index in [2.05, 4.69) is 14.5 Å². The van der Waals surface area contributed by atoms with Gasteiger partial charge in [-0.05, 0) is 25.7 Å². The maximum absolute atomic E-state index is 11.9. The van der Waals surface area contributed by atoms with Crippen molar-refractivity contribution in [3.05, 3.63) is 0 Å². The van der Waals surface area contributed by atoms with E-state index in [1.54, 1.807) is 13.8 Å². The second-order valence-electron chi connectivity index (χ2n) is 5.66. The molecule has 154 valence electrons. The van der Waals surface area contributed by atoms with Crippen LogP contribution in [0.15, 0.2) is 4.99 Å². The van der Waals surface area contributed by atoms with Gasteiger partial charge in [-0.3, -0.25) is 19.5 Å². The van der Waals surface area contributed by atoms with Gasteiger partial charge in [-0.1, -0.05) is 27.2 Å². The Hall–Kier alpha value is -0.560. The first-order chi connectivity index (χ1) is 12.0. The van der Waals surface area contributed by atoms with Crippen molar-refractivity contribution in [1.82, 2.24) is 5.32 Å². The number of carbonyl (C=O) groups is 2. The number of hydrogen-bond donors (Lipinski definition) is 3. The summed E-state index contributed by atoms with van der Waals surface area (Å²) >= 11 is 0. The Morgan fingerprint density at radius 3 is 2.22 bits per heavy atom. The Bertz CT molecular complexity index is 611. The number of amides is 2. The van der Waals surface area contributed by atoms with Gasteiger partial charge >= 0.3 is 40.0 Å². The van der Waals surface area contributed by atoms with Crippen LogP contribution in [0, 0.1) is 11.3 Å². The molecule has 0 aromatic carbocycles. The van der Waals surface area contributed by atoms with Crippen LogP contribution in [0.1, 0.15) is 47.0 Å². The molecular weight excluding hydrogens is 391 g/mol. The minimum atomic E-state index is -4.28. The summed E-state index contributed by atoms with van der Waals surface area (Å²) in [6.45, 7) is 7.96. The molecular formula is C15H29N2NaO8S. The molecule has 0 radical (unpaired) electrons. The van der Waals surface area contributed by atoms with Crippen LogP contribution in [-0.4, -0.2) is 85.3 Å². The fraction of sp³-hybridized carbons (Fsp3) is 0.800. The van der Waals surface area contributed by atoms with Gasteiger partial charge in [0.1, 0.15) is 5.41 Å². The number of carbonyl (C=O) groups excluding carboxylic acids is 2. The maximum atomic E-state index is 11.9. The number of aliphatic hydroxyl groups excluding tert-OH is 1. The fourth-order valence-electron chi connectivity index (χ4n) is 2.65. The van der Waals surface area contributed by atoms with Gasteiger partial charge in [0.15, 0.2) is 0 Å². The predicted molar refractivity (Wildman–Crippen MR) is 101 cm³/mol. The number of nitrogens with one attached hydrogen (secondary N) is 1. The van der Waals surface area contributed by atoms with Gasteiger partial charge in [0.2, 0.25) is 5.91 Å². The third kappa shape index (κ3) is 9.46. The van der Waals surface area contributed by atoms with E-state index in [-0.39, 0.29) is 48.7 Å². The fourth-order valence-corrected chi connectivity index (χ4v) is 2.93. The van der Waals surface area contributed by atoms with E-state index < -0.39 is 33.7 Å². The molecule has 10 nitrogen and oxygen atoms in total. The molecule has 0 bridgehead atoms. The van der Waals surface area contributed by atoms with E-state index in [0.717, 1.165) is 12.8 Å². The van der Waals surface area contributed by atoms with Crippen molar-refractivity contribution in [2.24, 2.45) is 16.3 Å². The van der Waals surface area contributed by atoms with E-state index in [1.165, 1.54) is 0 Å². The molecule has 0 saturated heterocycles. The van der Waals surface area contributed by atoms with E-state index in [9.17, 15) is 18.0 Å². The van der Waals surface area contributed by atoms with E-state index >= 15 is 0 Å². The zero-order valence-corrected chi connectivity index (χ0v) is 16.3. The summed E-state index contributed by atoms with van der Waals surface area (Å²) in [5.74, 6) is -1.04. The first kappa shape index (κ1) is 28.6. The third-order valence-electron chi connectivity index (χ3n) is 4.00. The zero-order valence-electron chi connectivity index (χ0n) is 15.5. The first-order valence-corrected chi connectivity index (χ1v) is 9.74. The number of nitrogens with zero attached hydrogens (tertiary/aromatic N) is 1. The van der Waals surface area contributed by atoms with Gasteiger partial charge in [-0.25, -0.2) is 4.18 Å². The standard InChI is InChI=1S/C11H18N2O3.C4H10O5S.Na.H/c1-4-6-7(3)11(5-2)8(14)12-10(16)13-9(11)15;1-2-8-3-4-9-10(5,6)7;;/h7H,4-6H2,1-3H3,(H2,12,13,14,15,16);2-4H2,1H3,(H,5,6,7);;. The SMILES string of the molecule is CCCC(C)C1(CC)C(=O)N=C(O)NC1=O.CCOCCOS(=O)(=O)O.[NaH]. The third-order valence-corrected chi connectivity index (χ3v) is 4.47. The molecule has 1 aliphatic heterocycles. The van der Waals surface area contributed by atoms with Crippen LogP contribution in [-0.2, 0) is 28.9 Å². The zero-order chi connectivity index (χ0) is 20.4. The normalized spacial score (nSPS) is 20.6. The van der Waals surface area contributed by atoms with E-state index in [0.29, 0.717) is 13.0 Å². The van der Waals surface area contributed by atoms with Crippen molar-refractivity contribution in [2.75, 3.05) is 19.8 Å². The number of amidine groups is 1. The number of hydrogen-bond acceptors (Lipinski definition) is 6. The summed E-state index contributed by atoms with van der Waals surface area (Å²) in [4.78, 5) is 27.2. The van der Waals surface area contributed by atoms with Crippen LogP contribution in [0.5, 0.6) is 0 Å². The van der Waals surface area contributed by atoms with Gasteiger partial charge in [0, 0.05) is 6.61 Å². The average Bonchev–Trinajstić information content (AvgIpc) is 2.52. The Labute approximate surface area is 182 Å². The van der Waals surface area contributed by atoms with Crippen molar-refractivity contribution < 1.29 is 36.6 Å². The van der Waals surface area contributed by atoms with Crippen molar-refractivity contribution in [3.8, 4) is 0 Å². The second-order valence-corrected chi connectivity index (χ2v) is 6.75. The van der Waals surface area contributed by atoms with Crippen molar-refractivity contribution in [3.63, 3.8) is 0 Å². The number of aliphatic hydroxyl groups is 1. The van der Waals surface area contributed by atoms with Crippen LogP contribution in [0.4, 0.5) is 0 Å². The summed E-state index contributed by atoms with van der Waals surface area (Å²) in [7, 11) is -4.28. The molecule has 0 spiro atoms. The Morgan fingerprint density at radius 2 is 1.81 bits per heavy atom. The summed E-state index contributed by atoms with van der Waals surface area (Å²) < 4.78 is 36.4. The van der Waals surface area contributed by atoms with Gasteiger partial charge < -0.3 is 9.84 Å². The summed E-state index contributed by atoms with van der Waals surface area (Å²) in [5.41, 5.74) is -1.11. The Morgan fingerprint density at radius 1 is 1.22 bits per heavy atom. The molecule has 0 aliphatic carbocycles. The topological polar surface area (TPSA) is 152 Å². The quantitative estimate of drug-likeness (QED) is 0.212. The number of aliphatic imine (C=N–C) groups is 1. The van der Waals surface area contributed by atoms with Gasteiger partial charge in [0.05, 0.1) is 13.2 Å². The molecule has 2 amide bonds. The summed E-state index contributed by atoms with van der Waals surface area (Å²) in [6, 6.07) is -0.595. The van der Waals surface area contributed by atoms with Gasteiger partial charge in [-0.15, -0.1) is 0 Å². The molecule has 2 unspecified atom stereocenters. The van der Waals surface area contributed by atoms with Crippen LogP contribution in [0.2, 0.25) is 0 Å². The van der Waals surface area contributed by atoms with Crippen LogP contribution >= 0.6 is 0 Å². The molecule has 0 aromatic heterocycles. The molecule has 2 atom stereocenters. The molecule has 3 N–H and O–H groups in total. The molecule has 1 heterocycles. The number of ether oxygens (including phenoxy) is 1. The van der Waals surface area contributed by atoms with Crippen LogP contribution in [0.3, 0.4) is 0 Å². The summed E-state index contributed by atoms with van der Waals surface area (Å²) in [6.07, 6.45) is 2.08. The van der Waals surface area contributed by atoms with E-state index in [4.69, 9.17) is 14.4 Å². The molecule has 1 aliphatic rings. The molecule has 12 heteroatoms. The van der Waals surface area contributed by atoms with Crippen molar-refractivity contribution in [1.29, 1.82) is 0 Å². The Balaban J connectivity index is 0. The molecule has 0 aromatic rings. The summed E-state index contributed by atoms with van der Waals surface area (Å²) in [5, 5.41) is 11.3. The van der Waals surface area contributed by atoms with Gasteiger partial charge in [0.25, 0.3) is 11.9 Å². The number of rotatable bonds is 9. The predicted octanol–water partition coefficient (Wildman–Crippen LogP) is 0.583. The minimum absolute atomic E-state index is 0. The molecule has 27 heavy (non-hydrogen) atoms. The monoisotopic (exact) mass is 420 g/mol. The molecule has 1 rings (SSSR count).